The van der Waals surface area contributed by atoms with Crippen molar-refractivity contribution in [2.75, 3.05) is 13.2 Å². The van der Waals surface area contributed by atoms with Gasteiger partial charge in [0.25, 0.3) is 0 Å². The van der Waals surface area contributed by atoms with E-state index >= 15 is 0 Å². The van der Waals surface area contributed by atoms with E-state index in [-0.39, 0.29) is 12.4 Å². The molecule has 1 aromatic rings. The number of aromatic nitrogens is 1. The third-order valence-electron chi connectivity index (χ3n) is 2.96. The number of ether oxygens (including phenoxy) is 2. The van der Waals surface area contributed by atoms with Crippen molar-refractivity contribution in [1.82, 2.24) is 4.57 Å². The number of nitrogens with zero attached hydrogens (tertiary/aromatic N) is 1. The van der Waals surface area contributed by atoms with Crippen LogP contribution in [0.2, 0.25) is 0 Å². The molecule has 0 spiro atoms. The molecule has 1 heterocycles. The standard InChI is InChI=1S/C13H21NO3/c1-6-16-12(15)8-11-13(17-7-2)9(3)10(4)14(11)5/h6-8H2,1-5H3. The van der Waals surface area contributed by atoms with Gasteiger partial charge in [-0.15, -0.1) is 0 Å². The summed E-state index contributed by atoms with van der Waals surface area (Å²) < 4.78 is 12.6. The SMILES string of the molecule is CCOC(=O)Cc1c(OCC)c(C)c(C)n1C. The summed E-state index contributed by atoms with van der Waals surface area (Å²) in [5.41, 5.74) is 3.10. The number of carbonyl (C=O) groups excluding carboxylic acids is 1. The number of esters is 1. The van der Waals surface area contributed by atoms with Crippen LogP contribution in [0.25, 0.3) is 0 Å². The molecular weight excluding hydrogens is 218 g/mol. The summed E-state index contributed by atoms with van der Waals surface area (Å²) >= 11 is 0. The van der Waals surface area contributed by atoms with Crippen molar-refractivity contribution < 1.29 is 14.3 Å². The predicted molar refractivity (Wildman–Crippen MR) is 66.4 cm³/mol. The molecule has 1 rings (SSSR count). The van der Waals surface area contributed by atoms with Gasteiger partial charge in [-0.1, -0.05) is 0 Å². The maximum atomic E-state index is 11.6. The molecule has 0 aliphatic carbocycles. The first kappa shape index (κ1) is 13.6. The monoisotopic (exact) mass is 239 g/mol. The molecule has 4 nitrogen and oxygen atoms in total. The Kier molecular flexibility index (Phi) is 4.61. The van der Waals surface area contributed by atoms with Crippen molar-refractivity contribution in [2.45, 2.75) is 34.1 Å². The van der Waals surface area contributed by atoms with Crippen LogP contribution in [0.4, 0.5) is 0 Å². The third-order valence-corrected chi connectivity index (χ3v) is 2.96. The van der Waals surface area contributed by atoms with Gasteiger partial charge in [-0.25, -0.2) is 0 Å². The van der Waals surface area contributed by atoms with Gasteiger partial charge in [-0.3, -0.25) is 4.79 Å². The van der Waals surface area contributed by atoms with Gasteiger partial charge in [0.15, 0.2) is 0 Å². The first-order chi connectivity index (χ1) is 8.02. The second-order valence-corrected chi connectivity index (χ2v) is 3.96. The molecule has 0 aromatic carbocycles. The lowest BCUT2D eigenvalue weighted by Crippen LogP contribution is -2.12. The summed E-state index contributed by atoms with van der Waals surface area (Å²) in [5.74, 6) is 0.606. The van der Waals surface area contributed by atoms with Crippen molar-refractivity contribution in [2.24, 2.45) is 7.05 Å². The normalized spacial score (nSPS) is 10.4. The van der Waals surface area contributed by atoms with Crippen LogP contribution in [-0.4, -0.2) is 23.8 Å². The Balaban J connectivity index is 3.04. The van der Waals surface area contributed by atoms with E-state index in [2.05, 4.69) is 0 Å². The molecule has 4 heteroatoms. The molecule has 1 aromatic heterocycles. The molecule has 0 bridgehead atoms. The highest BCUT2D eigenvalue weighted by Crippen LogP contribution is 2.29. The Labute approximate surface area is 103 Å². The summed E-state index contributed by atoms with van der Waals surface area (Å²) in [6, 6.07) is 0. The number of carbonyl (C=O) groups is 1. The molecule has 0 N–H and O–H groups in total. The fourth-order valence-corrected chi connectivity index (χ4v) is 1.87. The zero-order chi connectivity index (χ0) is 13.0. The molecule has 0 radical (unpaired) electrons. The molecular formula is C13H21NO3. The molecule has 96 valence electrons. The Morgan fingerprint density at radius 3 is 2.41 bits per heavy atom. The maximum Gasteiger partial charge on any atom is 0.311 e. The molecule has 17 heavy (non-hydrogen) atoms. The van der Waals surface area contributed by atoms with Crippen LogP contribution in [-0.2, 0) is 23.0 Å². The molecule has 0 aliphatic heterocycles. The Bertz CT molecular complexity index is 407. The maximum absolute atomic E-state index is 11.6. The largest absolute Gasteiger partial charge is 0.492 e. The summed E-state index contributed by atoms with van der Waals surface area (Å²) in [7, 11) is 1.94. The van der Waals surface area contributed by atoms with Gasteiger partial charge in [0.2, 0.25) is 0 Å². The number of hydrogen-bond donors (Lipinski definition) is 0. The minimum Gasteiger partial charge on any atom is -0.492 e. The van der Waals surface area contributed by atoms with Crippen LogP contribution in [0.3, 0.4) is 0 Å². The molecule has 0 atom stereocenters. The highest BCUT2D eigenvalue weighted by atomic mass is 16.5. The topological polar surface area (TPSA) is 40.5 Å². The zero-order valence-electron chi connectivity index (χ0n) is 11.3. The quantitative estimate of drug-likeness (QED) is 0.739. The lowest BCUT2D eigenvalue weighted by molar-refractivity contribution is -0.142. The van der Waals surface area contributed by atoms with E-state index in [4.69, 9.17) is 9.47 Å². The fraction of sp³-hybridized carbons (Fsp3) is 0.615. The fourth-order valence-electron chi connectivity index (χ4n) is 1.87. The van der Waals surface area contributed by atoms with Crippen molar-refractivity contribution in [1.29, 1.82) is 0 Å². The third kappa shape index (κ3) is 2.81. The molecule has 0 fully saturated rings. The minimum atomic E-state index is -0.214. The summed E-state index contributed by atoms with van der Waals surface area (Å²) in [6.45, 7) is 8.78. The Morgan fingerprint density at radius 1 is 1.24 bits per heavy atom. The second-order valence-electron chi connectivity index (χ2n) is 3.96. The van der Waals surface area contributed by atoms with Gasteiger partial charge >= 0.3 is 5.97 Å². The van der Waals surface area contributed by atoms with E-state index in [9.17, 15) is 4.79 Å². The smallest absolute Gasteiger partial charge is 0.311 e. The van der Waals surface area contributed by atoms with E-state index in [1.165, 1.54) is 0 Å². The molecule has 0 saturated heterocycles. The van der Waals surface area contributed by atoms with Crippen LogP contribution < -0.4 is 4.74 Å². The van der Waals surface area contributed by atoms with Crippen molar-refractivity contribution in [3.8, 4) is 5.75 Å². The van der Waals surface area contributed by atoms with E-state index < -0.39 is 0 Å². The molecule has 0 aliphatic rings. The lowest BCUT2D eigenvalue weighted by Gasteiger charge is -2.08. The molecule has 0 saturated carbocycles. The van der Waals surface area contributed by atoms with Gasteiger partial charge in [-0.05, 0) is 27.7 Å². The number of rotatable bonds is 5. The van der Waals surface area contributed by atoms with Crippen molar-refractivity contribution in [3.05, 3.63) is 17.0 Å². The molecule has 0 unspecified atom stereocenters. The van der Waals surface area contributed by atoms with Crippen LogP contribution in [0.15, 0.2) is 0 Å². The van der Waals surface area contributed by atoms with Gasteiger partial charge in [0.1, 0.15) is 5.75 Å². The summed E-state index contributed by atoms with van der Waals surface area (Å²) in [6.07, 6.45) is 0.258. The van der Waals surface area contributed by atoms with E-state index in [0.717, 1.165) is 22.7 Å². The Hall–Kier alpha value is -1.45. The second kappa shape index (κ2) is 5.75. The summed E-state index contributed by atoms with van der Waals surface area (Å²) in [4.78, 5) is 11.6. The van der Waals surface area contributed by atoms with Crippen LogP contribution in [0.5, 0.6) is 5.75 Å². The predicted octanol–water partition coefficient (Wildman–Crippen LogP) is 2.15. The average Bonchev–Trinajstić information content (AvgIpc) is 2.47. The van der Waals surface area contributed by atoms with E-state index in [1.807, 2.05) is 39.3 Å². The van der Waals surface area contributed by atoms with E-state index in [0.29, 0.717) is 13.2 Å². The van der Waals surface area contributed by atoms with E-state index in [1.54, 1.807) is 0 Å². The number of hydrogen-bond acceptors (Lipinski definition) is 3. The van der Waals surface area contributed by atoms with Crippen LogP contribution >= 0.6 is 0 Å². The minimum absolute atomic E-state index is 0.214. The first-order valence-electron chi connectivity index (χ1n) is 5.96. The molecule has 0 amide bonds. The zero-order valence-corrected chi connectivity index (χ0v) is 11.3. The average molecular weight is 239 g/mol. The summed E-state index contributed by atoms with van der Waals surface area (Å²) in [5, 5.41) is 0. The van der Waals surface area contributed by atoms with Crippen LogP contribution in [0.1, 0.15) is 30.8 Å². The van der Waals surface area contributed by atoms with Gasteiger partial charge in [-0.2, -0.15) is 0 Å². The van der Waals surface area contributed by atoms with Crippen LogP contribution in [0, 0.1) is 13.8 Å². The Morgan fingerprint density at radius 2 is 1.88 bits per heavy atom. The van der Waals surface area contributed by atoms with Gasteiger partial charge in [0, 0.05) is 18.3 Å². The van der Waals surface area contributed by atoms with Gasteiger partial charge < -0.3 is 14.0 Å². The lowest BCUT2D eigenvalue weighted by atomic mass is 10.2. The van der Waals surface area contributed by atoms with Gasteiger partial charge in [0.05, 0.1) is 25.3 Å². The van der Waals surface area contributed by atoms with Crippen molar-refractivity contribution >= 4 is 5.97 Å². The first-order valence-corrected chi connectivity index (χ1v) is 5.96. The highest BCUT2D eigenvalue weighted by molar-refractivity contribution is 5.73. The highest BCUT2D eigenvalue weighted by Gasteiger charge is 2.19. The van der Waals surface area contributed by atoms with Crippen molar-refractivity contribution in [3.63, 3.8) is 0 Å².